The average Bonchev–Trinajstić information content (AvgIpc) is 2.91. The van der Waals surface area contributed by atoms with Crippen LogP contribution < -0.4 is 0 Å². The fraction of sp³-hybridized carbons (Fsp3) is 1.00. The van der Waals surface area contributed by atoms with Gasteiger partial charge in [-0.25, -0.2) is 0 Å². The minimum atomic E-state index is -1.55. The molecule has 0 aromatic carbocycles. The van der Waals surface area contributed by atoms with Crippen LogP contribution in [0.25, 0.3) is 0 Å². The lowest BCUT2D eigenvalue weighted by molar-refractivity contribution is -0.335. The van der Waals surface area contributed by atoms with Crippen LogP contribution in [-0.2, 0) is 23.7 Å². The highest BCUT2D eigenvalue weighted by Gasteiger charge is 2.46. The van der Waals surface area contributed by atoms with Crippen LogP contribution >= 0.6 is 0 Å². The maximum Gasteiger partial charge on any atom is 0.186 e. The van der Waals surface area contributed by atoms with Crippen LogP contribution in [0.3, 0.4) is 0 Å². The third kappa shape index (κ3) is 13.4. The molecule has 12 nitrogen and oxygen atoms in total. The molecular formula is C25H50O12. The van der Waals surface area contributed by atoms with E-state index in [2.05, 4.69) is 6.92 Å². The molecular weight excluding hydrogens is 492 g/mol. The summed E-state index contributed by atoms with van der Waals surface area (Å²) in [6.07, 6.45) is -0.448. The summed E-state index contributed by atoms with van der Waals surface area (Å²) < 4.78 is 27.4. The Hall–Kier alpha value is -0.480. The summed E-state index contributed by atoms with van der Waals surface area (Å²) in [4.78, 5) is 0. The molecule has 0 amide bonds. The normalized spacial score (nSPS) is 26.8. The maximum absolute atomic E-state index is 10.6. The summed E-state index contributed by atoms with van der Waals surface area (Å²) in [5.41, 5.74) is 0. The number of unbranched alkanes of at least 4 members (excludes halogenated alkanes) is 7. The molecule has 7 N–H and O–H groups in total. The maximum atomic E-state index is 10.6. The fourth-order valence-corrected chi connectivity index (χ4v) is 4.02. The van der Waals surface area contributed by atoms with Gasteiger partial charge in [-0.1, -0.05) is 51.9 Å². The van der Waals surface area contributed by atoms with E-state index < -0.39 is 75.6 Å². The molecule has 0 aliphatic carbocycles. The van der Waals surface area contributed by atoms with Crippen molar-refractivity contribution < 1.29 is 59.4 Å². The summed E-state index contributed by atoms with van der Waals surface area (Å²) in [5, 5.41) is 68.3. The number of ether oxygens (including phenoxy) is 5. The van der Waals surface area contributed by atoms with Crippen molar-refractivity contribution in [2.24, 2.45) is 0 Å². The third-order valence-electron chi connectivity index (χ3n) is 6.26. The quantitative estimate of drug-likeness (QED) is 0.0644. The van der Waals surface area contributed by atoms with Gasteiger partial charge in [-0.05, 0) is 12.8 Å². The zero-order valence-corrected chi connectivity index (χ0v) is 22.1. The minimum absolute atomic E-state index is 0.204. The van der Waals surface area contributed by atoms with Crippen molar-refractivity contribution in [1.82, 2.24) is 0 Å². The van der Waals surface area contributed by atoms with Crippen LogP contribution in [0, 0.1) is 0 Å². The van der Waals surface area contributed by atoms with Crippen molar-refractivity contribution in [3.63, 3.8) is 0 Å². The van der Waals surface area contributed by atoms with Crippen molar-refractivity contribution in [3.8, 4) is 0 Å². The Morgan fingerprint density at radius 2 is 1.41 bits per heavy atom. The summed E-state index contributed by atoms with van der Waals surface area (Å²) in [7, 11) is 0. The van der Waals surface area contributed by atoms with Crippen LogP contribution in [0.4, 0.5) is 0 Å². The molecule has 1 aliphatic heterocycles. The molecule has 1 fully saturated rings. The van der Waals surface area contributed by atoms with Crippen molar-refractivity contribution in [2.75, 3.05) is 46.2 Å². The Balaban J connectivity index is 2.34. The molecule has 0 saturated carbocycles. The SMILES string of the molecule is CCCCCCCCCCOCCCOC1OC(CO)[C@H](OC(CO)OC(CO)[C@H](O)CO)C(O)[C@H]1O. The van der Waals surface area contributed by atoms with E-state index in [1.54, 1.807) is 0 Å². The third-order valence-corrected chi connectivity index (χ3v) is 6.26. The molecule has 12 heteroatoms. The number of aliphatic hydroxyl groups is 7. The topological polar surface area (TPSA) is 188 Å². The van der Waals surface area contributed by atoms with E-state index in [4.69, 9.17) is 28.8 Å². The molecule has 0 spiro atoms. The Labute approximate surface area is 220 Å². The predicted molar refractivity (Wildman–Crippen MR) is 133 cm³/mol. The Kier molecular flexibility index (Phi) is 19.9. The lowest BCUT2D eigenvalue weighted by Crippen LogP contribution is -2.61. The molecule has 37 heavy (non-hydrogen) atoms. The largest absolute Gasteiger partial charge is 0.394 e. The zero-order valence-electron chi connectivity index (χ0n) is 22.1. The van der Waals surface area contributed by atoms with Crippen molar-refractivity contribution in [3.05, 3.63) is 0 Å². The fourth-order valence-electron chi connectivity index (χ4n) is 4.02. The van der Waals surface area contributed by atoms with Crippen LogP contribution in [0.1, 0.15) is 64.7 Å². The van der Waals surface area contributed by atoms with Crippen LogP contribution in [0.2, 0.25) is 0 Å². The first-order chi connectivity index (χ1) is 17.9. The first-order valence-electron chi connectivity index (χ1n) is 13.6. The van der Waals surface area contributed by atoms with E-state index in [1.165, 1.54) is 38.5 Å². The molecule has 1 heterocycles. The number of rotatable bonds is 23. The number of hydrogen-bond acceptors (Lipinski definition) is 12. The second-order valence-electron chi connectivity index (χ2n) is 9.34. The Morgan fingerprint density at radius 1 is 0.757 bits per heavy atom. The lowest BCUT2D eigenvalue weighted by Gasteiger charge is -2.43. The summed E-state index contributed by atoms with van der Waals surface area (Å²) >= 11 is 0. The molecule has 1 saturated heterocycles. The highest BCUT2D eigenvalue weighted by Crippen LogP contribution is 2.26. The van der Waals surface area contributed by atoms with Gasteiger partial charge in [0.1, 0.15) is 36.6 Å². The van der Waals surface area contributed by atoms with E-state index in [1.807, 2.05) is 0 Å². The van der Waals surface area contributed by atoms with Gasteiger partial charge in [0.15, 0.2) is 12.6 Å². The highest BCUT2D eigenvalue weighted by molar-refractivity contribution is 4.90. The second-order valence-corrected chi connectivity index (χ2v) is 9.34. The molecule has 0 radical (unpaired) electrons. The molecule has 1 rings (SSSR count). The van der Waals surface area contributed by atoms with Gasteiger partial charge in [0, 0.05) is 13.2 Å². The smallest absolute Gasteiger partial charge is 0.186 e. The summed E-state index contributed by atoms with van der Waals surface area (Å²) in [6, 6.07) is 0. The van der Waals surface area contributed by atoms with Gasteiger partial charge in [-0.15, -0.1) is 0 Å². The van der Waals surface area contributed by atoms with Crippen LogP contribution in [0.5, 0.6) is 0 Å². The molecule has 0 bridgehead atoms. The summed E-state index contributed by atoms with van der Waals surface area (Å²) in [5.74, 6) is 0. The second kappa shape index (κ2) is 21.4. The van der Waals surface area contributed by atoms with Gasteiger partial charge < -0.3 is 59.4 Å². The van der Waals surface area contributed by atoms with E-state index in [-0.39, 0.29) is 6.61 Å². The van der Waals surface area contributed by atoms with Gasteiger partial charge in [-0.2, -0.15) is 0 Å². The molecule has 1 aliphatic rings. The highest BCUT2D eigenvalue weighted by atomic mass is 16.7. The van der Waals surface area contributed by atoms with Crippen LogP contribution in [0.15, 0.2) is 0 Å². The van der Waals surface area contributed by atoms with Gasteiger partial charge in [0.25, 0.3) is 0 Å². The summed E-state index contributed by atoms with van der Waals surface area (Å²) in [6.45, 7) is 0.900. The first kappa shape index (κ1) is 34.5. The van der Waals surface area contributed by atoms with Crippen molar-refractivity contribution in [2.45, 2.75) is 114 Å². The van der Waals surface area contributed by atoms with Gasteiger partial charge in [0.05, 0.1) is 33.0 Å². The Bertz CT molecular complexity index is 526. The molecule has 5 unspecified atom stereocenters. The minimum Gasteiger partial charge on any atom is -0.394 e. The van der Waals surface area contributed by atoms with E-state index in [0.717, 1.165) is 12.8 Å². The molecule has 8 atom stereocenters. The van der Waals surface area contributed by atoms with Crippen molar-refractivity contribution >= 4 is 0 Å². The van der Waals surface area contributed by atoms with E-state index in [9.17, 15) is 30.6 Å². The average molecular weight is 543 g/mol. The van der Waals surface area contributed by atoms with E-state index in [0.29, 0.717) is 19.6 Å². The molecule has 222 valence electrons. The van der Waals surface area contributed by atoms with Crippen molar-refractivity contribution in [1.29, 1.82) is 0 Å². The predicted octanol–water partition coefficient (Wildman–Crippen LogP) is -0.576. The van der Waals surface area contributed by atoms with Crippen LogP contribution in [-0.4, -0.2) is 131 Å². The number of hydrogen-bond donors (Lipinski definition) is 7. The lowest BCUT2D eigenvalue weighted by atomic mass is 9.99. The molecule has 0 aromatic heterocycles. The van der Waals surface area contributed by atoms with Gasteiger partial charge >= 0.3 is 0 Å². The standard InChI is InChI=1S/C25H50O12/c1-2-3-4-5-6-7-8-9-11-33-12-10-13-34-25-23(32)22(31)24(20(16-28)36-25)37-21(17-29)35-19(15-27)18(30)14-26/h18-32H,2-17H2,1H3/t18-,19?,20?,21?,22?,23-,24+,25?/m1/s1. The van der Waals surface area contributed by atoms with Gasteiger partial charge in [0.2, 0.25) is 0 Å². The van der Waals surface area contributed by atoms with Gasteiger partial charge in [-0.3, -0.25) is 0 Å². The zero-order chi connectivity index (χ0) is 27.5. The number of aliphatic hydroxyl groups excluding tert-OH is 7. The Morgan fingerprint density at radius 3 is 2.00 bits per heavy atom. The molecule has 0 aromatic rings. The van der Waals surface area contributed by atoms with E-state index >= 15 is 0 Å². The monoisotopic (exact) mass is 542 g/mol. The first-order valence-corrected chi connectivity index (χ1v) is 13.6.